The number of fused-ring (bicyclic) bond motifs is 2. The number of nitrogens with zero attached hydrogens (tertiary/aromatic N) is 4. The van der Waals surface area contributed by atoms with E-state index >= 15 is 0 Å². The fourth-order valence-corrected chi connectivity index (χ4v) is 4.55. The Morgan fingerprint density at radius 2 is 2.06 bits per heavy atom. The van der Waals surface area contributed by atoms with Crippen LogP contribution in [0.25, 0.3) is 11.0 Å². The lowest BCUT2D eigenvalue weighted by Gasteiger charge is -2.35. The highest BCUT2D eigenvalue weighted by molar-refractivity contribution is 5.92. The maximum atomic E-state index is 12.1. The molecule has 2 atom stereocenters. The first-order chi connectivity index (χ1) is 15.1. The van der Waals surface area contributed by atoms with Crippen LogP contribution in [0.5, 0.6) is 0 Å². The largest absolute Gasteiger partial charge is 0.364 e. The van der Waals surface area contributed by atoms with Crippen molar-refractivity contribution >= 4 is 22.6 Å². The molecule has 0 radical (unpaired) electrons. The van der Waals surface area contributed by atoms with Gasteiger partial charge >= 0.3 is 0 Å². The van der Waals surface area contributed by atoms with Crippen molar-refractivity contribution in [1.29, 1.82) is 0 Å². The van der Waals surface area contributed by atoms with Crippen LogP contribution in [0.2, 0.25) is 0 Å². The van der Waals surface area contributed by atoms with E-state index in [1.807, 2.05) is 31.3 Å². The molecule has 2 N–H and O–H groups in total. The van der Waals surface area contributed by atoms with E-state index in [2.05, 4.69) is 30.1 Å². The summed E-state index contributed by atoms with van der Waals surface area (Å²) in [6, 6.07) is 8.68. The second-order valence-electron chi connectivity index (χ2n) is 8.27. The van der Waals surface area contributed by atoms with E-state index in [1.165, 1.54) is 0 Å². The predicted octanol–water partition coefficient (Wildman–Crippen LogP) is 1.70. The first kappa shape index (κ1) is 19.7. The number of rotatable bonds is 5. The Bertz CT molecular complexity index is 1190. The Balaban J connectivity index is 1.27. The number of piperazine rings is 1. The van der Waals surface area contributed by atoms with E-state index in [4.69, 9.17) is 0 Å². The molecule has 0 bridgehead atoms. The second-order valence-corrected chi connectivity index (χ2v) is 8.27. The number of anilines is 1. The number of aromatic amines is 1. The Kier molecular flexibility index (Phi) is 4.94. The molecule has 3 aromatic heterocycles. The Hall–Kier alpha value is -3.26. The molecular weight excluding hydrogens is 392 g/mol. The minimum atomic E-state index is -0.170. The highest BCUT2D eigenvalue weighted by Gasteiger charge is 2.48. The Morgan fingerprint density at radius 3 is 2.81 bits per heavy atom. The SMILES string of the molecule is CCc1cc2ncc(CN3CCN(c4ccc(C(=O)NC)nc4)C4C[C@H]43)cc2[nH]c1=O. The van der Waals surface area contributed by atoms with Crippen LogP contribution in [0.3, 0.4) is 0 Å². The lowest BCUT2D eigenvalue weighted by Crippen LogP contribution is -2.46. The van der Waals surface area contributed by atoms with Gasteiger partial charge < -0.3 is 15.2 Å². The van der Waals surface area contributed by atoms with Gasteiger partial charge in [-0.25, -0.2) is 4.98 Å². The fraction of sp³-hybridized carbons (Fsp3) is 0.391. The first-order valence-electron chi connectivity index (χ1n) is 10.8. The summed E-state index contributed by atoms with van der Waals surface area (Å²) in [6.45, 7) is 4.66. The van der Waals surface area contributed by atoms with Crippen molar-refractivity contribution in [2.45, 2.75) is 38.4 Å². The summed E-state index contributed by atoms with van der Waals surface area (Å²) in [7, 11) is 1.61. The molecule has 31 heavy (non-hydrogen) atoms. The third-order valence-electron chi connectivity index (χ3n) is 6.35. The van der Waals surface area contributed by atoms with Crippen LogP contribution in [-0.4, -0.2) is 58.0 Å². The zero-order valence-electron chi connectivity index (χ0n) is 17.8. The average molecular weight is 419 g/mol. The number of hydrogen-bond acceptors (Lipinski definition) is 6. The van der Waals surface area contributed by atoms with Gasteiger partial charge in [-0.2, -0.15) is 0 Å². The molecule has 8 heteroatoms. The molecule has 0 spiro atoms. The van der Waals surface area contributed by atoms with Crippen molar-refractivity contribution in [2.75, 3.05) is 25.0 Å². The van der Waals surface area contributed by atoms with E-state index in [9.17, 15) is 9.59 Å². The number of H-pyrrole nitrogens is 1. The maximum Gasteiger partial charge on any atom is 0.269 e. The molecule has 1 amide bonds. The molecule has 5 rings (SSSR count). The van der Waals surface area contributed by atoms with Crippen LogP contribution in [0.1, 0.15) is 35.0 Å². The summed E-state index contributed by atoms with van der Waals surface area (Å²) in [5.74, 6) is -0.170. The quantitative estimate of drug-likeness (QED) is 0.655. The Morgan fingerprint density at radius 1 is 1.19 bits per heavy atom. The van der Waals surface area contributed by atoms with Crippen LogP contribution < -0.4 is 15.8 Å². The molecule has 160 valence electrons. The molecule has 1 saturated heterocycles. The molecule has 4 heterocycles. The number of carbonyl (C=O) groups excluding carboxylic acids is 1. The third-order valence-corrected chi connectivity index (χ3v) is 6.35. The summed E-state index contributed by atoms with van der Waals surface area (Å²) in [5.41, 5.74) is 4.99. The molecule has 2 fully saturated rings. The number of nitrogens with one attached hydrogen (secondary N) is 2. The van der Waals surface area contributed by atoms with Gasteiger partial charge in [-0.1, -0.05) is 6.92 Å². The van der Waals surface area contributed by atoms with Gasteiger partial charge in [0.25, 0.3) is 11.5 Å². The molecule has 0 aromatic carbocycles. The van der Waals surface area contributed by atoms with E-state index < -0.39 is 0 Å². The summed E-state index contributed by atoms with van der Waals surface area (Å²) >= 11 is 0. The molecule has 1 aliphatic carbocycles. The molecular formula is C23H26N6O2. The van der Waals surface area contributed by atoms with Gasteiger partial charge in [0.15, 0.2) is 0 Å². The number of pyridine rings is 3. The summed E-state index contributed by atoms with van der Waals surface area (Å²) in [5, 5.41) is 2.60. The van der Waals surface area contributed by atoms with Gasteiger partial charge in [-0.3, -0.25) is 19.5 Å². The van der Waals surface area contributed by atoms with Gasteiger partial charge in [-0.15, -0.1) is 0 Å². The van der Waals surface area contributed by atoms with Crippen molar-refractivity contribution in [3.8, 4) is 0 Å². The van der Waals surface area contributed by atoms with Gasteiger partial charge in [0.05, 0.1) is 22.9 Å². The van der Waals surface area contributed by atoms with E-state index in [0.29, 0.717) is 24.2 Å². The van der Waals surface area contributed by atoms with Crippen LogP contribution in [0.4, 0.5) is 5.69 Å². The number of amides is 1. The fourth-order valence-electron chi connectivity index (χ4n) is 4.55. The zero-order valence-corrected chi connectivity index (χ0v) is 17.8. The topological polar surface area (TPSA) is 94.2 Å². The lowest BCUT2D eigenvalue weighted by molar-refractivity contribution is 0.0958. The monoisotopic (exact) mass is 418 g/mol. The second kappa shape index (κ2) is 7.77. The van der Waals surface area contributed by atoms with Crippen LogP contribution in [0.15, 0.2) is 41.5 Å². The maximum absolute atomic E-state index is 12.1. The van der Waals surface area contributed by atoms with Crippen LogP contribution in [0, 0.1) is 0 Å². The predicted molar refractivity (Wildman–Crippen MR) is 119 cm³/mol. The number of aromatic nitrogens is 3. The Labute approximate surface area is 180 Å². The first-order valence-corrected chi connectivity index (χ1v) is 10.8. The van der Waals surface area contributed by atoms with Crippen molar-refractivity contribution in [1.82, 2.24) is 25.2 Å². The van der Waals surface area contributed by atoms with Gasteiger partial charge in [0.1, 0.15) is 5.69 Å². The number of carbonyl (C=O) groups is 1. The molecule has 1 aliphatic heterocycles. The summed E-state index contributed by atoms with van der Waals surface area (Å²) < 4.78 is 0. The standard InChI is InChI=1S/C23H26N6O2/c1-3-15-9-18-19(27-22(15)30)8-14(11-25-18)13-28-6-7-29(21-10-20(21)28)16-4-5-17(26-12-16)23(31)24-2/h4-5,8-9,11-12,20-21H,3,6-7,10,13H2,1-2H3,(H,24,31)(H,27,30)/t20-,21?/m1/s1. The van der Waals surface area contributed by atoms with E-state index in [0.717, 1.165) is 53.9 Å². The smallest absolute Gasteiger partial charge is 0.269 e. The van der Waals surface area contributed by atoms with E-state index in [1.54, 1.807) is 19.3 Å². The average Bonchev–Trinajstić information content (AvgIpc) is 3.60. The van der Waals surface area contributed by atoms with Crippen molar-refractivity contribution in [3.63, 3.8) is 0 Å². The van der Waals surface area contributed by atoms with Gasteiger partial charge in [0, 0.05) is 50.5 Å². The van der Waals surface area contributed by atoms with Crippen LogP contribution >= 0.6 is 0 Å². The van der Waals surface area contributed by atoms with E-state index in [-0.39, 0.29) is 11.5 Å². The number of aryl methyl sites for hydroxylation is 1. The molecule has 3 aromatic rings. The summed E-state index contributed by atoms with van der Waals surface area (Å²) in [4.78, 5) is 40.6. The molecule has 1 saturated carbocycles. The lowest BCUT2D eigenvalue weighted by atomic mass is 10.1. The van der Waals surface area contributed by atoms with Crippen LogP contribution in [-0.2, 0) is 13.0 Å². The molecule has 8 nitrogen and oxygen atoms in total. The van der Waals surface area contributed by atoms with Crippen molar-refractivity contribution < 1.29 is 4.79 Å². The third kappa shape index (κ3) is 3.67. The minimum absolute atomic E-state index is 0.0270. The molecule has 1 unspecified atom stereocenters. The minimum Gasteiger partial charge on any atom is -0.364 e. The number of hydrogen-bond donors (Lipinski definition) is 2. The van der Waals surface area contributed by atoms with Gasteiger partial charge in [0.2, 0.25) is 0 Å². The highest BCUT2D eigenvalue weighted by atomic mass is 16.1. The summed E-state index contributed by atoms with van der Waals surface area (Å²) in [6.07, 6.45) is 5.54. The highest BCUT2D eigenvalue weighted by Crippen LogP contribution is 2.40. The van der Waals surface area contributed by atoms with Crippen molar-refractivity contribution in [3.05, 3.63) is 63.8 Å². The zero-order chi connectivity index (χ0) is 21.5. The van der Waals surface area contributed by atoms with Crippen molar-refractivity contribution in [2.24, 2.45) is 0 Å². The molecule has 2 aliphatic rings. The van der Waals surface area contributed by atoms with Gasteiger partial charge in [-0.05, 0) is 42.7 Å². The normalized spacial score (nSPS) is 20.5.